The number of hydrogen-bond acceptors (Lipinski definition) is 4. The van der Waals surface area contributed by atoms with Crippen LogP contribution in [0, 0.1) is 5.92 Å². The first-order valence-electron chi connectivity index (χ1n) is 7.00. The molecule has 2 aromatic carbocycles. The van der Waals surface area contributed by atoms with E-state index in [1.165, 1.54) is 11.8 Å². The lowest BCUT2D eigenvalue weighted by atomic mass is 9.94. The van der Waals surface area contributed by atoms with Gasteiger partial charge in [-0.05, 0) is 36.4 Å². The largest absolute Gasteiger partial charge is 0.475 e. The number of benzene rings is 2. The summed E-state index contributed by atoms with van der Waals surface area (Å²) >= 11 is 1.66. The Balaban J connectivity index is 2.20. The van der Waals surface area contributed by atoms with Crippen molar-refractivity contribution in [3.8, 4) is 11.1 Å². The van der Waals surface area contributed by atoms with Crippen molar-refractivity contribution in [2.24, 2.45) is 5.92 Å². The lowest BCUT2D eigenvalue weighted by Gasteiger charge is -2.08. The van der Waals surface area contributed by atoms with Gasteiger partial charge in [0.15, 0.2) is 5.78 Å². The number of carboxylic acids is 1. The van der Waals surface area contributed by atoms with E-state index in [-0.39, 0.29) is 0 Å². The smallest absolute Gasteiger partial charge is 0.372 e. The second kappa shape index (κ2) is 7.24. The van der Waals surface area contributed by atoms with Crippen LogP contribution in [0.3, 0.4) is 0 Å². The molecule has 1 atom stereocenters. The summed E-state index contributed by atoms with van der Waals surface area (Å²) in [7, 11) is 0. The van der Waals surface area contributed by atoms with Crippen LogP contribution in [0.15, 0.2) is 53.4 Å². The highest BCUT2D eigenvalue weighted by molar-refractivity contribution is 7.98. The van der Waals surface area contributed by atoms with E-state index < -0.39 is 23.5 Å². The fourth-order valence-electron chi connectivity index (χ4n) is 2.16. The van der Waals surface area contributed by atoms with Gasteiger partial charge < -0.3 is 5.11 Å². The topological polar surface area (TPSA) is 71.4 Å². The van der Waals surface area contributed by atoms with Crippen molar-refractivity contribution >= 4 is 29.3 Å². The van der Waals surface area contributed by atoms with E-state index in [9.17, 15) is 14.4 Å². The standard InChI is InChI=1S/C18H16O4S/c1-11(17(20)18(21)22)16(19)14-5-3-12(4-6-14)13-7-9-15(23-2)10-8-13/h3-11H,1-2H3,(H,21,22). The van der Waals surface area contributed by atoms with Gasteiger partial charge in [-0.3, -0.25) is 9.59 Å². The molecule has 0 aliphatic heterocycles. The van der Waals surface area contributed by atoms with Gasteiger partial charge in [0.05, 0.1) is 5.92 Å². The summed E-state index contributed by atoms with van der Waals surface area (Å²) in [6.45, 7) is 1.31. The normalized spacial score (nSPS) is 11.7. The first kappa shape index (κ1) is 17.0. The number of Topliss-reactive ketones (excluding diaryl/α,β-unsaturated/α-hetero) is 2. The van der Waals surface area contributed by atoms with Gasteiger partial charge >= 0.3 is 5.97 Å². The molecule has 0 amide bonds. The van der Waals surface area contributed by atoms with Gasteiger partial charge in [-0.1, -0.05) is 36.4 Å². The Morgan fingerprint density at radius 2 is 1.39 bits per heavy atom. The molecule has 0 saturated carbocycles. The molecule has 0 aliphatic carbocycles. The second-order valence-electron chi connectivity index (χ2n) is 5.06. The van der Waals surface area contributed by atoms with Crippen molar-refractivity contribution in [1.29, 1.82) is 0 Å². The van der Waals surface area contributed by atoms with Crippen molar-refractivity contribution in [3.63, 3.8) is 0 Å². The molecule has 4 nitrogen and oxygen atoms in total. The summed E-state index contributed by atoms with van der Waals surface area (Å²) in [4.78, 5) is 35.4. The van der Waals surface area contributed by atoms with E-state index in [0.717, 1.165) is 11.1 Å². The van der Waals surface area contributed by atoms with E-state index in [4.69, 9.17) is 5.11 Å². The first-order valence-corrected chi connectivity index (χ1v) is 8.22. The van der Waals surface area contributed by atoms with Crippen LogP contribution in [0.5, 0.6) is 0 Å². The Labute approximate surface area is 138 Å². The molecule has 0 aliphatic rings. The molecule has 2 aromatic rings. The van der Waals surface area contributed by atoms with Gasteiger partial charge in [0.1, 0.15) is 0 Å². The maximum Gasteiger partial charge on any atom is 0.372 e. The summed E-state index contributed by atoms with van der Waals surface area (Å²) in [5.41, 5.74) is 2.31. The fourth-order valence-corrected chi connectivity index (χ4v) is 2.57. The molecule has 23 heavy (non-hydrogen) atoms. The van der Waals surface area contributed by atoms with Crippen LogP contribution < -0.4 is 0 Å². The van der Waals surface area contributed by atoms with E-state index in [1.807, 2.05) is 30.5 Å². The van der Waals surface area contributed by atoms with Crippen LogP contribution in [0.2, 0.25) is 0 Å². The van der Waals surface area contributed by atoms with Gasteiger partial charge in [-0.15, -0.1) is 11.8 Å². The van der Waals surface area contributed by atoms with E-state index in [1.54, 1.807) is 36.0 Å². The van der Waals surface area contributed by atoms with Crippen LogP contribution in [-0.2, 0) is 9.59 Å². The minimum Gasteiger partial charge on any atom is -0.475 e. The molecule has 1 unspecified atom stereocenters. The third-order valence-corrected chi connectivity index (χ3v) is 4.33. The van der Waals surface area contributed by atoms with Crippen LogP contribution >= 0.6 is 11.8 Å². The molecule has 0 radical (unpaired) electrons. The number of carbonyl (C=O) groups excluding carboxylic acids is 2. The summed E-state index contributed by atoms with van der Waals surface area (Å²) in [5.74, 6) is -4.34. The van der Waals surface area contributed by atoms with Crippen LogP contribution in [0.4, 0.5) is 0 Å². The van der Waals surface area contributed by atoms with Crippen molar-refractivity contribution in [2.75, 3.05) is 6.26 Å². The molecule has 0 bridgehead atoms. The minimum atomic E-state index is -1.59. The fraction of sp³-hybridized carbons (Fsp3) is 0.167. The van der Waals surface area contributed by atoms with Gasteiger partial charge in [0.2, 0.25) is 5.78 Å². The van der Waals surface area contributed by atoms with Crippen molar-refractivity contribution in [1.82, 2.24) is 0 Å². The van der Waals surface area contributed by atoms with Gasteiger partial charge in [-0.2, -0.15) is 0 Å². The molecular weight excluding hydrogens is 312 g/mol. The zero-order valence-corrected chi connectivity index (χ0v) is 13.6. The Hall–Kier alpha value is -2.40. The highest BCUT2D eigenvalue weighted by atomic mass is 32.2. The van der Waals surface area contributed by atoms with E-state index in [0.29, 0.717) is 5.56 Å². The Morgan fingerprint density at radius 3 is 1.83 bits per heavy atom. The molecule has 0 saturated heterocycles. The molecule has 118 valence electrons. The predicted molar refractivity (Wildman–Crippen MR) is 89.8 cm³/mol. The van der Waals surface area contributed by atoms with E-state index >= 15 is 0 Å². The number of rotatable bonds is 6. The van der Waals surface area contributed by atoms with Gasteiger partial charge in [0.25, 0.3) is 0 Å². The van der Waals surface area contributed by atoms with Crippen LogP contribution in [-0.4, -0.2) is 28.9 Å². The number of carbonyl (C=O) groups is 3. The lowest BCUT2D eigenvalue weighted by Crippen LogP contribution is -2.27. The number of carboxylic acid groups (broad SMARTS) is 1. The molecular formula is C18H16O4S. The van der Waals surface area contributed by atoms with Crippen molar-refractivity contribution in [2.45, 2.75) is 11.8 Å². The van der Waals surface area contributed by atoms with E-state index in [2.05, 4.69) is 0 Å². The monoisotopic (exact) mass is 328 g/mol. The molecule has 0 heterocycles. The SMILES string of the molecule is CSc1ccc(-c2ccc(C(=O)C(C)C(=O)C(=O)O)cc2)cc1. The third-order valence-electron chi connectivity index (χ3n) is 3.59. The Morgan fingerprint density at radius 1 is 0.913 bits per heavy atom. The van der Waals surface area contributed by atoms with Crippen LogP contribution in [0.1, 0.15) is 17.3 Å². The Kier molecular flexibility index (Phi) is 5.34. The number of ketones is 2. The first-order chi connectivity index (χ1) is 10.9. The maximum atomic E-state index is 12.1. The summed E-state index contributed by atoms with van der Waals surface area (Å²) in [6, 6.07) is 14.9. The summed E-state index contributed by atoms with van der Waals surface area (Å²) in [6.07, 6.45) is 2.01. The highest BCUT2D eigenvalue weighted by Gasteiger charge is 2.27. The van der Waals surface area contributed by atoms with Gasteiger partial charge in [-0.25, -0.2) is 4.79 Å². The average molecular weight is 328 g/mol. The zero-order chi connectivity index (χ0) is 17.0. The number of aliphatic carboxylic acids is 1. The molecule has 2 rings (SSSR count). The van der Waals surface area contributed by atoms with Crippen molar-refractivity contribution < 1.29 is 19.5 Å². The van der Waals surface area contributed by atoms with Crippen LogP contribution in [0.25, 0.3) is 11.1 Å². The second-order valence-corrected chi connectivity index (χ2v) is 5.94. The summed E-state index contributed by atoms with van der Waals surface area (Å²) in [5, 5.41) is 8.68. The van der Waals surface area contributed by atoms with Gasteiger partial charge in [0, 0.05) is 10.5 Å². The lowest BCUT2D eigenvalue weighted by molar-refractivity contribution is -0.150. The minimum absolute atomic E-state index is 0.330. The molecule has 0 aromatic heterocycles. The maximum absolute atomic E-state index is 12.1. The molecule has 0 spiro atoms. The molecule has 5 heteroatoms. The molecule has 0 fully saturated rings. The number of hydrogen-bond donors (Lipinski definition) is 1. The quantitative estimate of drug-likeness (QED) is 0.380. The Bertz CT molecular complexity index is 733. The predicted octanol–water partition coefficient (Wildman–Crippen LogP) is 3.55. The average Bonchev–Trinajstić information content (AvgIpc) is 2.60. The van der Waals surface area contributed by atoms with Crippen molar-refractivity contribution in [3.05, 3.63) is 54.1 Å². The number of thioether (sulfide) groups is 1. The zero-order valence-electron chi connectivity index (χ0n) is 12.8. The summed E-state index contributed by atoms with van der Waals surface area (Å²) < 4.78 is 0. The molecule has 1 N–H and O–H groups in total. The third kappa shape index (κ3) is 3.87. The highest BCUT2D eigenvalue weighted by Crippen LogP contribution is 2.24.